The molecule has 13 nitrogen and oxygen atoms in total. The lowest BCUT2D eigenvalue weighted by Gasteiger charge is -2.41. The fourth-order valence-electron chi connectivity index (χ4n) is 8.52. The molecule has 8 atom stereocenters. The van der Waals surface area contributed by atoms with Crippen LogP contribution in [0.2, 0.25) is 0 Å². The number of amides is 1. The lowest BCUT2D eigenvalue weighted by molar-refractivity contribution is -0.298. The molecule has 1 rings (SSSR count). The first-order valence-corrected chi connectivity index (χ1v) is 27.5. The summed E-state index contributed by atoms with van der Waals surface area (Å²) in [7, 11) is -5.12. The van der Waals surface area contributed by atoms with Crippen molar-refractivity contribution in [1.29, 1.82) is 0 Å². The van der Waals surface area contributed by atoms with Crippen LogP contribution in [0.3, 0.4) is 0 Å². The topological polar surface area (TPSA) is 212 Å². The second-order valence-corrected chi connectivity index (χ2v) is 19.7. The van der Waals surface area contributed by atoms with E-state index in [2.05, 4.69) is 23.3 Å². The number of aliphatic hydroxyl groups excluding tert-OH is 5. The molecular weight excluding hydrogens is 839 g/mol. The number of carbonyl (C=O) groups is 1. The highest BCUT2D eigenvalue weighted by Crippen LogP contribution is 2.26. The van der Waals surface area contributed by atoms with Crippen LogP contribution in [-0.4, -0.2) is 107 Å². The zero-order valence-electron chi connectivity index (χ0n) is 40.5. The van der Waals surface area contributed by atoms with E-state index in [9.17, 15) is 43.3 Å². The Balaban J connectivity index is 2.48. The summed E-state index contributed by atoms with van der Waals surface area (Å²) >= 11 is 0. The van der Waals surface area contributed by atoms with Gasteiger partial charge in [0, 0.05) is 0 Å². The van der Waals surface area contributed by atoms with E-state index in [-0.39, 0.29) is 6.42 Å². The predicted octanol–water partition coefficient (Wildman–Crippen LogP) is 10.1. The zero-order chi connectivity index (χ0) is 47.1. The highest BCUT2D eigenvalue weighted by molar-refractivity contribution is 7.80. The van der Waals surface area contributed by atoms with E-state index in [4.69, 9.17) is 9.47 Å². The van der Waals surface area contributed by atoms with E-state index in [1.54, 1.807) is 6.08 Å². The molecule has 0 aliphatic carbocycles. The normalized spacial score (nSPS) is 20.8. The van der Waals surface area contributed by atoms with Crippen LogP contribution in [0.5, 0.6) is 0 Å². The molecule has 380 valence electrons. The fourth-order valence-corrected chi connectivity index (χ4v) is 9.03. The smallest absolute Gasteiger partial charge is 0.394 e. The number of nitrogens with one attached hydrogen (secondary N) is 1. The standard InChI is InChI=1S/C50H97NO12S/c1-3-5-7-9-11-13-15-17-19-20-21-22-23-25-27-29-31-33-35-37-39-44(54)49(57)51-42(41-61-50-47(56)48(63-64(58,59)60)46(55)45(40-52)62-50)43(53)38-36-34-32-30-28-26-24-18-16-14-12-10-8-6-4-2/h36,38,42-48,50,52-56H,3-35,37,39-41H2,1-2H3,(H,51,57)(H,58,59,60)/b38-36+. The Hall–Kier alpha value is -1.20. The van der Waals surface area contributed by atoms with Gasteiger partial charge in [-0.05, 0) is 19.3 Å². The molecule has 1 heterocycles. The van der Waals surface area contributed by atoms with Crippen molar-refractivity contribution < 1.29 is 57.0 Å². The molecular formula is C50H97NO12S. The molecule has 1 aliphatic heterocycles. The third-order valence-corrected chi connectivity index (χ3v) is 13.1. The number of allylic oxidation sites excluding steroid dienone is 1. The Morgan fingerprint density at radius 1 is 0.625 bits per heavy atom. The zero-order valence-corrected chi connectivity index (χ0v) is 41.3. The minimum atomic E-state index is -5.12. The molecule has 1 saturated heterocycles. The van der Waals surface area contributed by atoms with Crippen molar-refractivity contribution in [3.05, 3.63) is 12.2 Å². The van der Waals surface area contributed by atoms with Crippen molar-refractivity contribution in [2.45, 2.75) is 288 Å². The summed E-state index contributed by atoms with van der Waals surface area (Å²) < 4.78 is 47.6. The molecule has 0 radical (unpaired) electrons. The molecule has 0 spiro atoms. The van der Waals surface area contributed by atoms with E-state index in [0.717, 1.165) is 38.5 Å². The summed E-state index contributed by atoms with van der Waals surface area (Å²) in [5.74, 6) is -0.698. The largest absolute Gasteiger partial charge is 0.397 e. The van der Waals surface area contributed by atoms with Gasteiger partial charge in [0.1, 0.15) is 30.5 Å². The summed E-state index contributed by atoms with van der Waals surface area (Å²) in [5, 5.41) is 55.4. The van der Waals surface area contributed by atoms with E-state index in [0.29, 0.717) is 12.8 Å². The lowest BCUT2D eigenvalue weighted by atomic mass is 9.99. The molecule has 1 amide bonds. The highest BCUT2D eigenvalue weighted by atomic mass is 32.3. The number of hydrogen-bond acceptors (Lipinski definition) is 11. The maximum atomic E-state index is 13.2. The predicted molar refractivity (Wildman–Crippen MR) is 256 cm³/mol. The Bertz CT molecular complexity index is 1210. The van der Waals surface area contributed by atoms with Gasteiger partial charge in [0.15, 0.2) is 6.29 Å². The second-order valence-electron chi connectivity index (χ2n) is 18.6. The van der Waals surface area contributed by atoms with Crippen LogP contribution < -0.4 is 5.32 Å². The van der Waals surface area contributed by atoms with Crippen molar-refractivity contribution in [2.75, 3.05) is 13.2 Å². The first-order chi connectivity index (χ1) is 30.9. The van der Waals surface area contributed by atoms with Gasteiger partial charge in [0.25, 0.3) is 0 Å². The Morgan fingerprint density at radius 2 is 1.02 bits per heavy atom. The van der Waals surface area contributed by atoms with E-state index in [1.807, 2.05) is 6.08 Å². The van der Waals surface area contributed by atoms with Gasteiger partial charge in [-0.25, -0.2) is 4.18 Å². The minimum Gasteiger partial charge on any atom is -0.394 e. The fraction of sp³-hybridized carbons (Fsp3) is 0.940. The summed E-state index contributed by atoms with van der Waals surface area (Å²) in [6.45, 7) is 3.25. The lowest BCUT2D eigenvalue weighted by Crippen LogP contribution is -2.61. The molecule has 8 unspecified atom stereocenters. The average molecular weight is 936 g/mol. The molecule has 0 aromatic carbocycles. The van der Waals surface area contributed by atoms with Crippen LogP contribution in [-0.2, 0) is 28.9 Å². The maximum absolute atomic E-state index is 13.2. The first kappa shape index (κ1) is 60.8. The molecule has 0 aromatic rings. The minimum absolute atomic E-state index is 0.249. The van der Waals surface area contributed by atoms with Crippen molar-refractivity contribution in [2.24, 2.45) is 0 Å². The number of ether oxygens (including phenoxy) is 2. The van der Waals surface area contributed by atoms with Gasteiger partial charge in [0.2, 0.25) is 5.91 Å². The maximum Gasteiger partial charge on any atom is 0.397 e. The molecule has 0 saturated carbocycles. The Kier molecular flexibility index (Phi) is 38.8. The molecule has 0 aromatic heterocycles. The first-order valence-electron chi connectivity index (χ1n) is 26.2. The number of rotatable bonds is 45. The van der Waals surface area contributed by atoms with Gasteiger partial charge in [-0.2, -0.15) is 8.42 Å². The monoisotopic (exact) mass is 936 g/mol. The SMILES string of the molecule is CCCCCCCCCCCCCCC/C=C/C(O)C(COC1OC(CO)C(O)C(OS(=O)(=O)O)C1O)NC(=O)C(O)CCCCCCCCCCCCCCCCCCCCCC. The molecule has 0 bridgehead atoms. The number of unbranched alkanes of at least 4 members (excludes halogenated alkanes) is 32. The average Bonchev–Trinajstić information content (AvgIpc) is 3.27. The van der Waals surface area contributed by atoms with E-state index in [1.165, 1.54) is 167 Å². The van der Waals surface area contributed by atoms with E-state index >= 15 is 0 Å². The third kappa shape index (κ3) is 32.5. The van der Waals surface area contributed by atoms with Crippen molar-refractivity contribution in [3.8, 4) is 0 Å². The van der Waals surface area contributed by atoms with Gasteiger partial charge >= 0.3 is 10.4 Å². The summed E-state index contributed by atoms with van der Waals surface area (Å²) in [5.41, 5.74) is 0. The number of carbonyl (C=O) groups excluding carboxylic acids is 1. The van der Waals surface area contributed by atoms with Gasteiger partial charge in [0.05, 0.1) is 25.4 Å². The second kappa shape index (κ2) is 40.8. The van der Waals surface area contributed by atoms with Crippen molar-refractivity contribution in [1.82, 2.24) is 5.32 Å². The number of hydrogen-bond donors (Lipinski definition) is 7. The summed E-state index contributed by atoms with van der Waals surface area (Å²) in [4.78, 5) is 13.2. The Labute approximate surface area is 390 Å². The van der Waals surface area contributed by atoms with Crippen LogP contribution >= 0.6 is 0 Å². The molecule has 7 N–H and O–H groups in total. The summed E-state index contributed by atoms with van der Waals surface area (Å²) in [6.07, 6.45) is 34.3. The third-order valence-electron chi connectivity index (χ3n) is 12.7. The van der Waals surface area contributed by atoms with Crippen LogP contribution in [0.15, 0.2) is 12.2 Å². The van der Waals surface area contributed by atoms with Crippen molar-refractivity contribution >= 4 is 16.3 Å². The van der Waals surface area contributed by atoms with Crippen molar-refractivity contribution in [3.63, 3.8) is 0 Å². The van der Waals surface area contributed by atoms with E-state index < -0.39 is 78.5 Å². The van der Waals surface area contributed by atoms with Gasteiger partial charge in [-0.1, -0.05) is 231 Å². The molecule has 1 aliphatic rings. The quantitative estimate of drug-likeness (QED) is 0.0173. The van der Waals surface area contributed by atoms with Crippen LogP contribution in [0.1, 0.15) is 239 Å². The molecule has 1 fully saturated rings. The highest BCUT2D eigenvalue weighted by Gasteiger charge is 2.48. The van der Waals surface area contributed by atoms with Crippen LogP contribution in [0.4, 0.5) is 0 Å². The van der Waals surface area contributed by atoms with Gasteiger partial charge < -0.3 is 40.3 Å². The molecule has 64 heavy (non-hydrogen) atoms. The Morgan fingerprint density at radius 3 is 1.41 bits per heavy atom. The van der Waals surface area contributed by atoms with Gasteiger partial charge in [-0.3, -0.25) is 9.35 Å². The number of aliphatic hydroxyl groups is 5. The van der Waals surface area contributed by atoms with Crippen LogP contribution in [0.25, 0.3) is 0 Å². The summed E-state index contributed by atoms with van der Waals surface area (Å²) in [6, 6.07) is -1.11. The molecule has 14 heteroatoms. The van der Waals surface area contributed by atoms with Crippen LogP contribution in [0, 0.1) is 0 Å². The van der Waals surface area contributed by atoms with Gasteiger partial charge in [-0.15, -0.1) is 0 Å².